The molecule has 3 aromatic carbocycles. The monoisotopic (exact) mass is 370 g/mol. The molecule has 0 fully saturated rings. The van der Waals surface area contributed by atoms with Gasteiger partial charge in [0.25, 0.3) is 0 Å². The third-order valence-corrected chi connectivity index (χ3v) is 5.25. The molecular weight excluding hydrogens is 348 g/mol. The molecule has 1 heterocycles. The topological polar surface area (TPSA) is 51.0 Å². The summed E-state index contributed by atoms with van der Waals surface area (Å²) in [4.78, 5) is 18.7. The van der Waals surface area contributed by atoms with Crippen molar-refractivity contribution in [3.05, 3.63) is 90.5 Å². The van der Waals surface area contributed by atoms with E-state index in [0.717, 1.165) is 27.6 Å². The number of hydrogen-bond acceptors (Lipinski definition) is 3. The van der Waals surface area contributed by atoms with E-state index in [4.69, 9.17) is 0 Å². The van der Waals surface area contributed by atoms with Crippen LogP contribution in [0.3, 0.4) is 0 Å². The lowest BCUT2D eigenvalue weighted by Gasteiger charge is -2.26. The van der Waals surface area contributed by atoms with E-state index >= 15 is 0 Å². The van der Waals surface area contributed by atoms with Gasteiger partial charge in [0.2, 0.25) is 5.91 Å². The van der Waals surface area contributed by atoms with Gasteiger partial charge >= 0.3 is 0 Å². The van der Waals surface area contributed by atoms with Gasteiger partial charge < -0.3 is 4.90 Å². The number of rotatable bonds is 5. The van der Waals surface area contributed by atoms with Gasteiger partial charge in [-0.25, -0.2) is 9.67 Å². The van der Waals surface area contributed by atoms with Gasteiger partial charge in [0.15, 0.2) is 0 Å². The summed E-state index contributed by atoms with van der Waals surface area (Å²) in [6, 6.07) is 22.3. The van der Waals surface area contributed by atoms with Crippen molar-refractivity contribution in [2.75, 3.05) is 7.05 Å². The summed E-state index contributed by atoms with van der Waals surface area (Å²) >= 11 is 0. The Bertz CT molecular complexity index is 1080. The Morgan fingerprint density at radius 2 is 1.79 bits per heavy atom. The molecule has 0 aliphatic carbocycles. The van der Waals surface area contributed by atoms with Crippen LogP contribution in [-0.4, -0.2) is 32.6 Å². The van der Waals surface area contributed by atoms with Crippen LogP contribution >= 0.6 is 0 Å². The maximum absolute atomic E-state index is 12.9. The van der Waals surface area contributed by atoms with Crippen molar-refractivity contribution in [1.82, 2.24) is 19.7 Å². The number of fused-ring (bicyclic) bond motifs is 1. The predicted octanol–water partition coefficient (Wildman–Crippen LogP) is 4.18. The van der Waals surface area contributed by atoms with Crippen molar-refractivity contribution in [2.24, 2.45) is 0 Å². The second-order valence-corrected chi connectivity index (χ2v) is 6.93. The second kappa shape index (κ2) is 7.64. The molecule has 5 nitrogen and oxygen atoms in total. The number of carbonyl (C=O) groups excluding carboxylic acids is 1. The highest BCUT2D eigenvalue weighted by Crippen LogP contribution is 2.23. The van der Waals surface area contributed by atoms with Gasteiger partial charge in [-0.3, -0.25) is 4.79 Å². The Morgan fingerprint density at radius 1 is 1.04 bits per heavy atom. The Balaban J connectivity index is 1.50. The van der Waals surface area contributed by atoms with Crippen molar-refractivity contribution >= 4 is 16.7 Å². The summed E-state index contributed by atoms with van der Waals surface area (Å²) < 4.78 is 1.71. The molecule has 1 aromatic heterocycles. The zero-order chi connectivity index (χ0) is 19.5. The molecule has 0 aliphatic rings. The molecule has 140 valence electrons. The van der Waals surface area contributed by atoms with E-state index in [1.807, 2.05) is 67.4 Å². The number of hydrogen-bond donors (Lipinski definition) is 0. The number of likely N-dealkylation sites (N-methyl/N-ethyl adjacent to an activating group) is 1. The van der Waals surface area contributed by atoms with Gasteiger partial charge in [0.1, 0.15) is 12.7 Å². The summed E-state index contributed by atoms with van der Waals surface area (Å²) in [5.74, 6) is 0.101. The summed E-state index contributed by atoms with van der Waals surface area (Å²) in [7, 11) is 1.86. The molecule has 0 saturated carbocycles. The van der Waals surface area contributed by atoms with Crippen molar-refractivity contribution in [1.29, 1.82) is 0 Å². The SMILES string of the molecule is C[C@H](c1ccc(-n2cncn2)cc1)N(C)C(=O)Cc1cccc2ccccc12. The minimum absolute atomic E-state index is 0.0210. The van der Waals surface area contributed by atoms with E-state index in [1.54, 1.807) is 11.0 Å². The van der Waals surface area contributed by atoms with E-state index in [1.165, 1.54) is 6.33 Å². The molecule has 4 rings (SSSR count). The Morgan fingerprint density at radius 3 is 2.54 bits per heavy atom. The van der Waals surface area contributed by atoms with E-state index in [0.29, 0.717) is 6.42 Å². The molecule has 0 aliphatic heterocycles. The van der Waals surface area contributed by atoms with Crippen LogP contribution in [-0.2, 0) is 11.2 Å². The molecule has 0 radical (unpaired) electrons. The molecule has 1 amide bonds. The van der Waals surface area contributed by atoms with Crippen LogP contribution in [0.4, 0.5) is 0 Å². The largest absolute Gasteiger partial charge is 0.339 e. The lowest BCUT2D eigenvalue weighted by molar-refractivity contribution is -0.131. The molecule has 1 atom stereocenters. The fourth-order valence-corrected chi connectivity index (χ4v) is 3.42. The van der Waals surface area contributed by atoms with Crippen molar-refractivity contribution in [3.8, 4) is 5.69 Å². The van der Waals surface area contributed by atoms with Crippen LogP contribution in [0, 0.1) is 0 Å². The van der Waals surface area contributed by atoms with Crippen LogP contribution in [0.1, 0.15) is 24.1 Å². The second-order valence-electron chi connectivity index (χ2n) is 6.93. The van der Waals surface area contributed by atoms with Gasteiger partial charge in [-0.1, -0.05) is 54.6 Å². The van der Waals surface area contributed by atoms with E-state index < -0.39 is 0 Å². The summed E-state index contributed by atoms with van der Waals surface area (Å²) in [6.07, 6.45) is 3.56. The molecule has 5 heteroatoms. The Hall–Kier alpha value is -3.47. The fourth-order valence-electron chi connectivity index (χ4n) is 3.42. The van der Waals surface area contributed by atoms with Crippen molar-refractivity contribution in [2.45, 2.75) is 19.4 Å². The number of aromatic nitrogens is 3. The van der Waals surface area contributed by atoms with Gasteiger partial charge in [0, 0.05) is 7.05 Å². The first-order valence-electron chi connectivity index (χ1n) is 9.31. The zero-order valence-corrected chi connectivity index (χ0v) is 16.0. The van der Waals surface area contributed by atoms with E-state index in [-0.39, 0.29) is 11.9 Å². The van der Waals surface area contributed by atoms with Gasteiger partial charge in [-0.2, -0.15) is 5.10 Å². The smallest absolute Gasteiger partial charge is 0.227 e. The molecule has 0 saturated heterocycles. The lowest BCUT2D eigenvalue weighted by atomic mass is 10.0. The normalized spacial score (nSPS) is 12.1. The van der Waals surface area contributed by atoms with Crippen LogP contribution in [0.25, 0.3) is 16.5 Å². The maximum atomic E-state index is 12.9. The first kappa shape index (κ1) is 17.9. The molecule has 28 heavy (non-hydrogen) atoms. The Kier molecular flexibility index (Phi) is 4.89. The van der Waals surface area contributed by atoms with Crippen LogP contribution < -0.4 is 0 Å². The zero-order valence-electron chi connectivity index (χ0n) is 16.0. The predicted molar refractivity (Wildman–Crippen MR) is 110 cm³/mol. The quantitative estimate of drug-likeness (QED) is 0.529. The minimum atomic E-state index is -0.0210. The average molecular weight is 370 g/mol. The minimum Gasteiger partial charge on any atom is -0.339 e. The molecule has 0 N–H and O–H groups in total. The number of carbonyl (C=O) groups is 1. The molecule has 0 bridgehead atoms. The highest BCUT2D eigenvalue weighted by molar-refractivity contribution is 5.90. The number of benzene rings is 3. The van der Waals surface area contributed by atoms with Gasteiger partial charge in [-0.15, -0.1) is 0 Å². The van der Waals surface area contributed by atoms with Crippen molar-refractivity contribution < 1.29 is 4.79 Å². The van der Waals surface area contributed by atoms with Crippen molar-refractivity contribution in [3.63, 3.8) is 0 Å². The highest BCUT2D eigenvalue weighted by Gasteiger charge is 2.18. The van der Waals surface area contributed by atoms with Gasteiger partial charge in [0.05, 0.1) is 18.2 Å². The van der Waals surface area contributed by atoms with Gasteiger partial charge in [-0.05, 0) is 41.0 Å². The first-order chi connectivity index (χ1) is 13.6. The molecule has 4 aromatic rings. The molecule has 0 spiro atoms. The Labute approximate surface area is 164 Å². The third kappa shape index (κ3) is 3.51. The first-order valence-corrected chi connectivity index (χ1v) is 9.31. The van der Waals surface area contributed by atoms with Crippen LogP contribution in [0.5, 0.6) is 0 Å². The maximum Gasteiger partial charge on any atom is 0.227 e. The molecule has 0 unspecified atom stereocenters. The number of amides is 1. The number of nitrogens with zero attached hydrogens (tertiary/aromatic N) is 4. The third-order valence-electron chi connectivity index (χ3n) is 5.25. The fraction of sp³-hybridized carbons (Fsp3) is 0.174. The van der Waals surface area contributed by atoms with Crippen LogP contribution in [0.15, 0.2) is 79.4 Å². The summed E-state index contributed by atoms with van der Waals surface area (Å²) in [5, 5.41) is 6.43. The summed E-state index contributed by atoms with van der Waals surface area (Å²) in [6.45, 7) is 2.05. The standard InChI is InChI=1S/C23H22N4O/c1-17(18-10-12-21(13-11-18)27-16-24-15-25-27)26(2)23(28)14-20-8-5-7-19-6-3-4-9-22(19)20/h3-13,15-17H,14H2,1-2H3/t17-/m1/s1. The lowest BCUT2D eigenvalue weighted by Crippen LogP contribution is -2.31. The summed E-state index contributed by atoms with van der Waals surface area (Å²) in [5.41, 5.74) is 3.08. The highest BCUT2D eigenvalue weighted by atomic mass is 16.2. The van der Waals surface area contributed by atoms with E-state index in [2.05, 4.69) is 28.3 Å². The van der Waals surface area contributed by atoms with Crippen LogP contribution in [0.2, 0.25) is 0 Å². The molecular formula is C23H22N4O. The van der Waals surface area contributed by atoms with E-state index in [9.17, 15) is 4.79 Å². The average Bonchev–Trinajstić information content (AvgIpc) is 3.28.